The van der Waals surface area contributed by atoms with Crippen molar-refractivity contribution in [3.05, 3.63) is 23.9 Å². The zero-order valence-corrected chi connectivity index (χ0v) is 10.6. The molecule has 0 aliphatic carbocycles. The molecule has 1 saturated heterocycles. The fraction of sp³-hybridized carbons (Fsp3) is 0.538. The highest BCUT2D eigenvalue weighted by Crippen LogP contribution is 2.29. The van der Waals surface area contributed by atoms with Gasteiger partial charge in [0.15, 0.2) is 5.69 Å². The molecule has 2 rings (SSSR count). The average molecular weight is 250 g/mol. The lowest BCUT2D eigenvalue weighted by Gasteiger charge is -2.19. The molecule has 2 heterocycles. The zero-order chi connectivity index (χ0) is 13.2. The molecule has 1 atom stereocenters. The summed E-state index contributed by atoms with van der Waals surface area (Å²) in [5.74, 6) is -0.444. The first kappa shape index (κ1) is 12.8. The molecule has 5 nitrogen and oxygen atoms in total. The molecule has 0 aromatic carbocycles. The summed E-state index contributed by atoms with van der Waals surface area (Å²) in [6.07, 6.45) is 2.22. The second kappa shape index (κ2) is 4.94. The van der Waals surface area contributed by atoms with Crippen LogP contribution in [0.3, 0.4) is 0 Å². The molecule has 5 heteroatoms. The molecule has 98 valence electrons. The molecule has 18 heavy (non-hydrogen) atoms. The number of carbonyl (C=O) groups is 1. The van der Waals surface area contributed by atoms with Gasteiger partial charge in [0.1, 0.15) is 5.82 Å². The smallest absolute Gasteiger partial charge is 0.354 e. The van der Waals surface area contributed by atoms with Crippen LogP contribution in [0.25, 0.3) is 0 Å². The van der Waals surface area contributed by atoms with E-state index in [1.165, 1.54) is 6.07 Å². The first-order chi connectivity index (χ1) is 8.46. The minimum Gasteiger partial charge on any atom is -0.477 e. The molecule has 0 spiro atoms. The van der Waals surface area contributed by atoms with Gasteiger partial charge in [-0.1, -0.05) is 6.07 Å². The highest BCUT2D eigenvalue weighted by atomic mass is 16.5. The van der Waals surface area contributed by atoms with Crippen molar-refractivity contribution in [2.45, 2.75) is 38.4 Å². The summed E-state index contributed by atoms with van der Waals surface area (Å²) < 4.78 is 5.84. The lowest BCUT2D eigenvalue weighted by molar-refractivity contribution is -0.00913. The zero-order valence-electron chi connectivity index (χ0n) is 10.6. The largest absolute Gasteiger partial charge is 0.477 e. The molecule has 1 aliphatic rings. The summed E-state index contributed by atoms with van der Waals surface area (Å²) in [5, 5.41) is 12.0. The number of anilines is 1. The van der Waals surface area contributed by atoms with Crippen LogP contribution in [0.15, 0.2) is 18.2 Å². The van der Waals surface area contributed by atoms with E-state index in [9.17, 15) is 4.79 Å². The molecule has 1 aliphatic heterocycles. The minimum absolute atomic E-state index is 0.0488. The third-order valence-electron chi connectivity index (χ3n) is 3.03. The third kappa shape index (κ3) is 3.20. The number of ether oxygens (including phenoxy) is 1. The van der Waals surface area contributed by atoms with E-state index in [1.807, 2.05) is 0 Å². The average Bonchev–Trinajstić information content (AvgIpc) is 2.67. The Labute approximate surface area is 106 Å². The Balaban J connectivity index is 1.91. The number of nitrogens with one attached hydrogen (secondary N) is 1. The maximum Gasteiger partial charge on any atom is 0.354 e. The Morgan fingerprint density at radius 3 is 3.00 bits per heavy atom. The Morgan fingerprint density at radius 1 is 1.61 bits per heavy atom. The van der Waals surface area contributed by atoms with E-state index >= 15 is 0 Å². The van der Waals surface area contributed by atoms with Crippen molar-refractivity contribution in [3.63, 3.8) is 0 Å². The maximum atomic E-state index is 10.8. The van der Waals surface area contributed by atoms with Gasteiger partial charge in [-0.3, -0.25) is 0 Å². The van der Waals surface area contributed by atoms with Gasteiger partial charge in [0.2, 0.25) is 0 Å². The third-order valence-corrected chi connectivity index (χ3v) is 3.03. The summed E-state index contributed by atoms with van der Waals surface area (Å²) >= 11 is 0. The molecule has 1 unspecified atom stereocenters. The summed E-state index contributed by atoms with van der Waals surface area (Å²) in [6.45, 7) is 4.81. The van der Waals surface area contributed by atoms with Gasteiger partial charge in [-0.15, -0.1) is 0 Å². The summed E-state index contributed by atoms with van der Waals surface area (Å²) in [6, 6.07) is 4.91. The van der Waals surface area contributed by atoms with Crippen LogP contribution in [0.2, 0.25) is 0 Å². The van der Waals surface area contributed by atoms with E-state index in [-0.39, 0.29) is 17.4 Å². The van der Waals surface area contributed by atoms with Crippen molar-refractivity contribution < 1.29 is 14.6 Å². The van der Waals surface area contributed by atoms with Gasteiger partial charge in [-0.25, -0.2) is 9.78 Å². The summed E-state index contributed by atoms with van der Waals surface area (Å²) in [7, 11) is 0. The van der Waals surface area contributed by atoms with E-state index in [1.54, 1.807) is 12.1 Å². The highest BCUT2D eigenvalue weighted by molar-refractivity contribution is 5.85. The summed E-state index contributed by atoms with van der Waals surface area (Å²) in [5.41, 5.74) is -0.00412. The number of aromatic carboxylic acids is 1. The van der Waals surface area contributed by atoms with Crippen molar-refractivity contribution in [2.24, 2.45) is 0 Å². The van der Waals surface area contributed by atoms with Gasteiger partial charge in [0, 0.05) is 6.54 Å². The van der Waals surface area contributed by atoms with Crippen LogP contribution in [0, 0.1) is 0 Å². The van der Waals surface area contributed by atoms with Crippen molar-refractivity contribution in [3.8, 4) is 0 Å². The van der Waals surface area contributed by atoms with E-state index in [4.69, 9.17) is 9.84 Å². The first-order valence-corrected chi connectivity index (χ1v) is 6.08. The number of carboxylic acids is 1. The molecule has 1 fully saturated rings. The molecule has 1 aromatic heterocycles. The number of hydrogen-bond acceptors (Lipinski definition) is 4. The van der Waals surface area contributed by atoms with Crippen molar-refractivity contribution >= 4 is 11.8 Å². The maximum absolute atomic E-state index is 10.8. The predicted molar refractivity (Wildman–Crippen MR) is 67.9 cm³/mol. The van der Waals surface area contributed by atoms with Crippen LogP contribution in [0.1, 0.15) is 37.2 Å². The number of pyridine rings is 1. The Hall–Kier alpha value is -1.62. The fourth-order valence-electron chi connectivity index (χ4n) is 2.09. The fourth-order valence-corrected chi connectivity index (χ4v) is 2.09. The van der Waals surface area contributed by atoms with Crippen molar-refractivity contribution in [1.29, 1.82) is 0 Å². The highest BCUT2D eigenvalue weighted by Gasteiger charge is 2.31. The predicted octanol–water partition coefficient (Wildman–Crippen LogP) is 2.15. The molecular weight excluding hydrogens is 232 g/mol. The summed E-state index contributed by atoms with van der Waals surface area (Å²) in [4.78, 5) is 14.8. The van der Waals surface area contributed by atoms with E-state index in [0.29, 0.717) is 12.4 Å². The van der Waals surface area contributed by atoms with Gasteiger partial charge in [0.05, 0.1) is 11.7 Å². The SMILES string of the molecule is CC1(C)CCC(CNc2cccc(C(=O)O)n2)O1. The van der Waals surface area contributed by atoms with Crippen LogP contribution < -0.4 is 5.32 Å². The van der Waals surface area contributed by atoms with Crippen LogP contribution in [0.4, 0.5) is 5.82 Å². The van der Waals surface area contributed by atoms with Gasteiger partial charge < -0.3 is 15.2 Å². The number of nitrogens with zero attached hydrogens (tertiary/aromatic N) is 1. The first-order valence-electron chi connectivity index (χ1n) is 6.08. The molecule has 0 amide bonds. The van der Waals surface area contributed by atoms with E-state index in [0.717, 1.165) is 12.8 Å². The minimum atomic E-state index is -1.02. The molecule has 0 radical (unpaired) electrons. The van der Waals surface area contributed by atoms with Gasteiger partial charge >= 0.3 is 5.97 Å². The number of hydrogen-bond donors (Lipinski definition) is 2. The van der Waals surface area contributed by atoms with Crippen LogP contribution in [-0.2, 0) is 4.74 Å². The Bertz CT molecular complexity index is 446. The van der Waals surface area contributed by atoms with E-state index < -0.39 is 5.97 Å². The Morgan fingerprint density at radius 2 is 2.39 bits per heavy atom. The van der Waals surface area contributed by atoms with Gasteiger partial charge in [-0.2, -0.15) is 0 Å². The standard InChI is InChI=1S/C13H18N2O3/c1-13(2)7-6-9(18-13)8-14-11-5-3-4-10(15-11)12(16)17/h3-5,9H,6-8H2,1-2H3,(H,14,15)(H,16,17). The topological polar surface area (TPSA) is 71.5 Å². The van der Waals surface area contributed by atoms with Gasteiger partial charge in [-0.05, 0) is 38.8 Å². The molecule has 2 N–H and O–H groups in total. The van der Waals surface area contributed by atoms with Gasteiger partial charge in [0.25, 0.3) is 0 Å². The second-order valence-corrected chi connectivity index (χ2v) is 5.13. The number of carboxylic acid groups (broad SMARTS) is 1. The van der Waals surface area contributed by atoms with Crippen LogP contribution >= 0.6 is 0 Å². The van der Waals surface area contributed by atoms with Crippen LogP contribution in [0.5, 0.6) is 0 Å². The van der Waals surface area contributed by atoms with Crippen molar-refractivity contribution in [2.75, 3.05) is 11.9 Å². The molecule has 0 bridgehead atoms. The number of aromatic nitrogens is 1. The molecular formula is C13H18N2O3. The van der Waals surface area contributed by atoms with Crippen molar-refractivity contribution in [1.82, 2.24) is 4.98 Å². The van der Waals surface area contributed by atoms with Crippen LogP contribution in [-0.4, -0.2) is 34.3 Å². The van der Waals surface area contributed by atoms with E-state index in [2.05, 4.69) is 24.1 Å². The Kier molecular flexibility index (Phi) is 3.52. The quantitative estimate of drug-likeness (QED) is 0.856. The monoisotopic (exact) mass is 250 g/mol. The molecule has 1 aromatic rings. The normalized spacial score (nSPS) is 21.8. The molecule has 0 saturated carbocycles. The lowest BCUT2D eigenvalue weighted by atomic mass is 10.1. The lowest BCUT2D eigenvalue weighted by Crippen LogP contribution is -2.25. The number of rotatable bonds is 4. The second-order valence-electron chi connectivity index (χ2n) is 5.13.